The van der Waals surface area contributed by atoms with Crippen molar-refractivity contribution >= 4 is 11.4 Å². The van der Waals surface area contributed by atoms with Gasteiger partial charge in [-0.3, -0.25) is 4.48 Å². The zero-order valence-electron chi connectivity index (χ0n) is 17.7. The van der Waals surface area contributed by atoms with Crippen LogP contribution in [0.15, 0.2) is 54.6 Å². The Hall–Kier alpha value is -1.84. The molecule has 1 aliphatic carbocycles. The first-order valence-electron chi connectivity index (χ1n) is 11.7. The number of anilines is 1. The lowest BCUT2D eigenvalue weighted by Gasteiger charge is -2.46. The summed E-state index contributed by atoms with van der Waals surface area (Å²) in [5, 5.41) is 0. The molecule has 0 aromatic heterocycles. The maximum atomic E-state index is 6.05. The Morgan fingerprint density at radius 1 is 0.897 bits per heavy atom. The number of rotatable bonds is 5. The van der Waals surface area contributed by atoms with E-state index in [0.717, 1.165) is 23.5 Å². The van der Waals surface area contributed by atoms with Crippen LogP contribution in [0.5, 0.6) is 0 Å². The van der Waals surface area contributed by atoms with Crippen LogP contribution in [0.1, 0.15) is 44.1 Å². The Kier molecular flexibility index (Phi) is 5.13. The second-order valence-corrected chi connectivity index (χ2v) is 9.77. The first-order chi connectivity index (χ1) is 14.2. The fourth-order valence-corrected chi connectivity index (χ4v) is 6.17. The number of benzene rings is 2. The third-order valence-electron chi connectivity index (χ3n) is 8.14. The molecule has 2 aromatic carbocycles. The molecule has 3 heteroatoms. The molecule has 154 valence electrons. The number of nitrogens with two attached hydrogens (primary N) is 1. The molecule has 3 aliphatic rings. The van der Waals surface area contributed by atoms with Gasteiger partial charge in [-0.15, -0.1) is 0 Å². The zero-order valence-corrected chi connectivity index (χ0v) is 17.7. The van der Waals surface area contributed by atoms with Crippen molar-refractivity contribution in [3.05, 3.63) is 60.2 Å². The Balaban J connectivity index is 1.50. The quantitative estimate of drug-likeness (QED) is 0.733. The van der Waals surface area contributed by atoms with Crippen molar-refractivity contribution in [2.45, 2.75) is 45.1 Å². The molecule has 2 aliphatic heterocycles. The largest absolute Gasteiger partial charge is 0.367 e. The van der Waals surface area contributed by atoms with Gasteiger partial charge in [0.05, 0.1) is 18.8 Å². The minimum absolute atomic E-state index is 0.563. The van der Waals surface area contributed by atoms with Crippen LogP contribution in [0.3, 0.4) is 0 Å². The van der Waals surface area contributed by atoms with Crippen LogP contribution < -0.4 is 15.1 Å². The van der Waals surface area contributed by atoms with Gasteiger partial charge in [-0.25, -0.2) is 0 Å². The fourth-order valence-electron chi connectivity index (χ4n) is 6.17. The van der Waals surface area contributed by atoms with Gasteiger partial charge in [0.2, 0.25) is 0 Å². The Morgan fingerprint density at radius 2 is 1.59 bits per heavy atom. The number of piperidine rings is 2. The van der Waals surface area contributed by atoms with Crippen LogP contribution in [-0.4, -0.2) is 32.7 Å². The zero-order chi connectivity index (χ0) is 19.7. The van der Waals surface area contributed by atoms with Crippen LogP contribution >= 0.6 is 0 Å². The van der Waals surface area contributed by atoms with E-state index in [4.69, 9.17) is 5.73 Å². The maximum absolute atomic E-state index is 6.05. The van der Waals surface area contributed by atoms with Crippen LogP contribution in [0, 0.1) is 11.3 Å². The second kappa shape index (κ2) is 7.77. The van der Waals surface area contributed by atoms with Crippen molar-refractivity contribution in [3.63, 3.8) is 0 Å². The normalized spacial score (nSPS) is 31.8. The van der Waals surface area contributed by atoms with E-state index in [1.807, 2.05) is 0 Å². The third-order valence-corrected chi connectivity index (χ3v) is 8.14. The molecule has 29 heavy (non-hydrogen) atoms. The van der Waals surface area contributed by atoms with Gasteiger partial charge in [-0.1, -0.05) is 42.5 Å². The average Bonchev–Trinajstić information content (AvgIpc) is 3.49. The van der Waals surface area contributed by atoms with E-state index in [2.05, 4.69) is 59.5 Å². The maximum Gasteiger partial charge on any atom is 0.156 e. The molecule has 3 nitrogen and oxygen atoms in total. The number of nitrogens with zero attached hydrogens (tertiary/aromatic N) is 2. The van der Waals surface area contributed by atoms with E-state index in [0.29, 0.717) is 5.41 Å². The van der Waals surface area contributed by atoms with E-state index in [1.165, 1.54) is 76.0 Å². The molecule has 2 aromatic rings. The van der Waals surface area contributed by atoms with E-state index in [1.54, 1.807) is 5.69 Å². The van der Waals surface area contributed by atoms with E-state index < -0.39 is 0 Å². The van der Waals surface area contributed by atoms with Crippen LogP contribution in [-0.2, 0) is 6.54 Å². The first-order valence-corrected chi connectivity index (χ1v) is 11.7. The minimum Gasteiger partial charge on any atom is -0.367 e. The molecular weight excluding hydrogens is 354 g/mol. The minimum atomic E-state index is 0.563. The van der Waals surface area contributed by atoms with Gasteiger partial charge in [0, 0.05) is 37.6 Å². The second-order valence-electron chi connectivity index (χ2n) is 9.77. The highest BCUT2D eigenvalue weighted by Gasteiger charge is 2.57. The molecule has 2 N–H and O–H groups in total. The molecule has 1 spiro atoms. The highest BCUT2D eigenvalue weighted by molar-refractivity contribution is 5.70. The predicted octanol–water partition coefficient (Wildman–Crippen LogP) is 4.94. The molecular formula is C26H36N3+. The smallest absolute Gasteiger partial charge is 0.156 e. The molecule has 1 saturated carbocycles. The number of para-hydroxylation sites is 2. The summed E-state index contributed by atoms with van der Waals surface area (Å²) in [4.78, 5) is 2.66. The van der Waals surface area contributed by atoms with Gasteiger partial charge in [-0.2, -0.15) is 0 Å². The molecule has 3 fully saturated rings. The van der Waals surface area contributed by atoms with Crippen molar-refractivity contribution in [1.29, 1.82) is 0 Å². The topological polar surface area (TPSA) is 29.3 Å². The van der Waals surface area contributed by atoms with Gasteiger partial charge in [0.1, 0.15) is 6.54 Å². The Labute approximate surface area is 176 Å². The monoisotopic (exact) mass is 390 g/mol. The van der Waals surface area contributed by atoms with Gasteiger partial charge >= 0.3 is 0 Å². The van der Waals surface area contributed by atoms with Gasteiger partial charge in [0.15, 0.2) is 5.69 Å². The fraction of sp³-hybridized carbons (Fsp3) is 0.538. The van der Waals surface area contributed by atoms with Crippen LogP contribution in [0.25, 0.3) is 0 Å². The molecule has 5 rings (SSSR count). The molecule has 1 unspecified atom stereocenters. The Bertz CT molecular complexity index is 817. The summed E-state index contributed by atoms with van der Waals surface area (Å²) in [6.45, 7) is 6.90. The molecule has 0 amide bonds. The standard InChI is InChI=1S/C26H36N3/c27-20-23-19-26(23)13-17-29(18-14-26,21-22-9-3-1-4-10-22)25-12-6-5-11-24(25)28-15-7-2-8-16-28/h1,3-6,9-12,23H,2,7-8,13-21,27H2/q+1. The summed E-state index contributed by atoms with van der Waals surface area (Å²) in [5.74, 6) is 0.777. The van der Waals surface area contributed by atoms with Crippen molar-refractivity contribution < 1.29 is 0 Å². The summed E-state index contributed by atoms with van der Waals surface area (Å²) in [6.07, 6.45) is 8.06. The SMILES string of the molecule is NCC1CC12CC[N+](Cc1ccccc1)(c1ccccc1N1CCCCC1)CC2. The Morgan fingerprint density at radius 3 is 2.28 bits per heavy atom. The highest BCUT2D eigenvalue weighted by atomic mass is 15.4. The van der Waals surface area contributed by atoms with Crippen molar-refractivity contribution in [3.8, 4) is 0 Å². The number of hydrogen-bond donors (Lipinski definition) is 1. The van der Waals surface area contributed by atoms with Gasteiger partial charge < -0.3 is 10.6 Å². The lowest BCUT2D eigenvalue weighted by Crippen LogP contribution is -2.55. The van der Waals surface area contributed by atoms with Crippen molar-refractivity contribution in [1.82, 2.24) is 4.48 Å². The molecule has 2 saturated heterocycles. The number of hydrogen-bond acceptors (Lipinski definition) is 2. The number of likely N-dealkylation sites (tertiary alicyclic amines) is 1. The predicted molar refractivity (Wildman–Crippen MR) is 123 cm³/mol. The molecule has 2 heterocycles. The first kappa shape index (κ1) is 19.1. The van der Waals surface area contributed by atoms with Crippen molar-refractivity contribution in [2.24, 2.45) is 17.1 Å². The van der Waals surface area contributed by atoms with Crippen LogP contribution in [0.2, 0.25) is 0 Å². The molecule has 1 atom stereocenters. The third kappa shape index (κ3) is 3.60. The lowest BCUT2D eigenvalue weighted by atomic mass is 9.88. The highest BCUT2D eigenvalue weighted by Crippen LogP contribution is 2.60. The average molecular weight is 391 g/mol. The lowest BCUT2D eigenvalue weighted by molar-refractivity contribution is 0.159. The summed E-state index contributed by atoms with van der Waals surface area (Å²) >= 11 is 0. The van der Waals surface area contributed by atoms with E-state index in [9.17, 15) is 0 Å². The summed E-state index contributed by atoms with van der Waals surface area (Å²) in [7, 11) is 0. The van der Waals surface area contributed by atoms with Crippen LogP contribution in [0.4, 0.5) is 11.4 Å². The summed E-state index contributed by atoms with van der Waals surface area (Å²) in [5.41, 5.74) is 11.1. The van der Waals surface area contributed by atoms with Gasteiger partial charge in [0.25, 0.3) is 0 Å². The summed E-state index contributed by atoms with van der Waals surface area (Å²) in [6, 6.07) is 20.5. The summed E-state index contributed by atoms with van der Waals surface area (Å²) < 4.78 is 1.11. The van der Waals surface area contributed by atoms with Gasteiger partial charge in [-0.05, 0) is 49.6 Å². The van der Waals surface area contributed by atoms with E-state index in [-0.39, 0.29) is 0 Å². The van der Waals surface area contributed by atoms with E-state index >= 15 is 0 Å². The molecule has 0 radical (unpaired) electrons. The number of quaternary nitrogens is 1. The molecule has 0 bridgehead atoms. The van der Waals surface area contributed by atoms with Crippen molar-refractivity contribution in [2.75, 3.05) is 37.6 Å².